The maximum absolute atomic E-state index is 13.0. The number of aromatic carboxylic acids is 1. The zero-order chi connectivity index (χ0) is 24.4. The first kappa shape index (κ1) is 23.0. The van der Waals surface area contributed by atoms with Gasteiger partial charge in [0, 0.05) is 16.1 Å². The molecule has 4 rings (SSSR count). The van der Waals surface area contributed by atoms with Gasteiger partial charge in [-0.3, -0.25) is 4.79 Å². The fourth-order valence-electron chi connectivity index (χ4n) is 3.38. The Labute approximate surface area is 199 Å². The second kappa shape index (κ2) is 9.36. The van der Waals surface area contributed by atoms with Crippen molar-refractivity contribution in [2.24, 2.45) is 5.10 Å². The molecular weight excluding hydrogens is 460 g/mol. The van der Waals surface area contributed by atoms with Gasteiger partial charge in [0.2, 0.25) is 0 Å². The summed E-state index contributed by atoms with van der Waals surface area (Å²) in [4.78, 5) is 36.1. The van der Waals surface area contributed by atoms with E-state index in [0.717, 1.165) is 0 Å². The molecule has 1 aliphatic rings. The lowest BCUT2D eigenvalue weighted by molar-refractivity contribution is -0.255. The number of amides is 1. The third-order valence-corrected chi connectivity index (χ3v) is 5.40. The van der Waals surface area contributed by atoms with Crippen molar-refractivity contribution < 1.29 is 28.6 Å². The van der Waals surface area contributed by atoms with Crippen molar-refractivity contribution in [3.05, 3.63) is 82.1 Å². The standard InChI is InChI=1S/C25H19ClN2O6/c1-3-33-25(32)15-4-7-17(8-5-15)28-23(29)19(14(2)27-28)13-18-9-11-22(34-18)16-6-10-21(26)20(12-16)24(30)31/h4-13H,3H2,1-2H3,(H,30,31)/p-1/b19-13+. The van der Waals surface area contributed by atoms with E-state index in [0.29, 0.717) is 39.6 Å². The number of halogens is 1. The number of hydrazone groups is 1. The smallest absolute Gasteiger partial charge is 0.338 e. The molecule has 8 nitrogen and oxygen atoms in total. The summed E-state index contributed by atoms with van der Waals surface area (Å²) in [5.41, 5.74) is 2.05. The number of furan rings is 1. The molecule has 0 radical (unpaired) electrons. The minimum absolute atomic E-state index is 0.0661. The molecule has 3 aromatic rings. The Morgan fingerprint density at radius 1 is 1.15 bits per heavy atom. The lowest BCUT2D eigenvalue weighted by Crippen LogP contribution is -2.22. The average molecular weight is 478 g/mol. The summed E-state index contributed by atoms with van der Waals surface area (Å²) in [6.07, 6.45) is 1.56. The maximum Gasteiger partial charge on any atom is 0.338 e. The van der Waals surface area contributed by atoms with Gasteiger partial charge in [0.05, 0.1) is 35.1 Å². The molecule has 2 heterocycles. The van der Waals surface area contributed by atoms with Gasteiger partial charge in [-0.05, 0) is 74.5 Å². The van der Waals surface area contributed by atoms with Crippen LogP contribution in [0.4, 0.5) is 5.69 Å². The van der Waals surface area contributed by atoms with Crippen molar-refractivity contribution in [1.29, 1.82) is 0 Å². The van der Waals surface area contributed by atoms with Crippen LogP contribution in [0.1, 0.15) is 40.3 Å². The van der Waals surface area contributed by atoms with Crippen LogP contribution in [-0.4, -0.2) is 30.2 Å². The van der Waals surface area contributed by atoms with Crippen molar-refractivity contribution in [1.82, 2.24) is 0 Å². The van der Waals surface area contributed by atoms with Crippen LogP contribution in [-0.2, 0) is 9.53 Å². The van der Waals surface area contributed by atoms with Gasteiger partial charge in [0.15, 0.2) is 0 Å². The van der Waals surface area contributed by atoms with Gasteiger partial charge in [-0.1, -0.05) is 11.6 Å². The summed E-state index contributed by atoms with van der Waals surface area (Å²) < 4.78 is 10.8. The van der Waals surface area contributed by atoms with Gasteiger partial charge in [-0.15, -0.1) is 0 Å². The number of carbonyl (C=O) groups is 3. The van der Waals surface area contributed by atoms with Crippen LogP contribution in [0.3, 0.4) is 0 Å². The van der Waals surface area contributed by atoms with Gasteiger partial charge in [-0.2, -0.15) is 10.1 Å². The van der Waals surface area contributed by atoms with E-state index >= 15 is 0 Å². The Morgan fingerprint density at radius 2 is 1.88 bits per heavy atom. The summed E-state index contributed by atoms with van der Waals surface area (Å²) in [6.45, 7) is 3.70. The van der Waals surface area contributed by atoms with E-state index in [1.807, 2.05) is 0 Å². The molecule has 172 valence electrons. The van der Waals surface area contributed by atoms with Crippen LogP contribution < -0.4 is 10.1 Å². The third-order valence-electron chi connectivity index (χ3n) is 5.07. The number of benzene rings is 2. The van der Waals surface area contributed by atoms with Crippen molar-refractivity contribution in [3.63, 3.8) is 0 Å². The number of rotatable bonds is 6. The Hall–Kier alpha value is -4.17. The lowest BCUT2D eigenvalue weighted by atomic mass is 10.1. The van der Waals surface area contributed by atoms with E-state index in [2.05, 4.69) is 5.10 Å². The molecule has 2 aromatic carbocycles. The SMILES string of the molecule is CCOC(=O)c1ccc(N2N=C(C)/C(=C\c3ccc(-c4ccc(Cl)c(C(=O)[O-])c4)o3)C2=O)cc1. The molecule has 0 atom stereocenters. The monoisotopic (exact) mass is 477 g/mol. The van der Waals surface area contributed by atoms with Crippen molar-refractivity contribution in [2.75, 3.05) is 11.6 Å². The molecule has 0 aliphatic carbocycles. The summed E-state index contributed by atoms with van der Waals surface area (Å²) >= 11 is 5.89. The molecule has 34 heavy (non-hydrogen) atoms. The Kier molecular flexibility index (Phi) is 6.34. The van der Waals surface area contributed by atoms with Crippen molar-refractivity contribution in [3.8, 4) is 11.3 Å². The molecule has 0 bridgehead atoms. The lowest BCUT2D eigenvalue weighted by Gasteiger charge is -2.12. The second-order valence-corrected chi connectivity index (χ2v) is 7.72. The molecule has 0 spiro atoms. The van der Waals surface area contributed by atoms with Crippen LogP contribution in [0.25, 0.3) is 17.4 Å². The van der Waals surface area contributed by atoms with Gasteiger partial charge >= 0.3 is 5.97 Å². The van der Waals surface area contributed by atoms with Crippen LogP contribution in [0.5, 0.6) is 0 Å². The maximum atomic E-state index is 13.0. The number of carboxylic acid groups (broad SMARTS) is 1. The number of hydrogen-bond donors (Lipinski definition) is 0. The second-order valence-electron chi connectivity index (χ2n) is 7.31. The average Bonchev–Trinajstić information content (AvgIpc) is 3.40. The highest BCUT2D eigenvalue weighted by molar-refractivity contribution is 6.33. The molecule has 1 amide bonds. The molecule has 0 unspecified atom stereocenters. The molecule has 0 N–H and O–H groups in total. The van der Waals surface area contributed by atoms with Crippen LogP contribution >= 0.6 is 11.6 Å². The molecule has 0 saturated heterocycles. The molecule has 0 saturated carbocycles. The van der Waals surface area contributed by atoms with Gasteiger partial charge < -0.3 is 19.1 Å². The van der Waals surface area contributed by atoms with Gasteiger partial charge in [0.1, 0.15) is 11.5 Å². The number of nitrogens with zero attached hydrogens (tertiary/aromatic N) is 2. The Morgan fingerprint density at radius 3 is 2.56 bits per heavy atom. The highest BCUT2D eigenvalue weighted by Crippen LogP contribution is 2.29. The number of ether oxygens (including phenoxy) is 1. The van der Waals surface area contributed by atoms with Gasteiger partial charge in [-0.25, -0.2) is 4.79 Å². The van der Waals surface area contributed by atoms with Crippen molar-refractivity contribution >= 4 is 46.9 Å². The predicted octanol–water partition coefficient (Wildman–Crippen LogP) is 3.95. The highest BCUT2D eigenvalue weighted by Gasteiger charge is 2.29. The largest absolute Gasteiger partial charge is 0.545 e. The zero-order valence-electron chi connectivity index (χ0n) is 18.2. The fraction of sp³-hybridized carbons (Fsp3) is 0.120. The normalized spacial score (nSPS) is 14.4. The molecule has 1 aliphatic heterocycles. The van der Waals surface area contributed by atoms with E-state index in [-0.39, 0.29) is 23.1 Å². The van der Waals surface area contributed by atoms with E-state index < -0.39 is 11.9 Å². The van der Waals surface area contributed by atoms with Crippen LogP contribution in [0.15, 0.2) is 69.7 Å². The Balaban J connectivity index is 1.56. The first-order valence-electron chi connectivity index (χ1n) is 10.3. The molecule has 0 fully saturated rings. The summed E-state index contributed by atoms with van der Waals surface area (Å²) in [5.74, 6) is -1.40. The third kappa shape index (κ3) is 4.49. The first-order chi connectivity index (χ1) is 16.3. The molecule has 1 aromatic heterocycles. The minimum atomic E-state index is -1.39. The quantitative estimate of drug-likeness (QED) is 0.392. The number of esters is 1. The zero-order valence-corrected chi connectivity index (χ0v) is 19.0. The van der Waals surface area contributed by atoms with Crippen LogP contribution in [0, 0.1) is 0 Å². The van der Waals surface area contributed by atoms with Crippen LogP contribution in [0.2, 0.25) is 5.02 Å². The number of carbonyl (C=O) groups excluding carboxylic acids is 3. The molecule has 9 heteroatoms. The summed E-state index contributed by atoms with van der Waals surface area (Å²) in [6, 6.07) is 14.1. The fourth-order valence-corrected chi connectivity index (χ4v) is 3.57. The summed E-state index contributed by atoms with van der Waals surface area (Å²) in [5, 5.41) is 16.9. The Bertz CT molecular complexity index is 1350. The van der Waals surface area contributed by atoms with Crippen molar-refractivity contribution in [2.45, 2.75) is 13.8 Å². The number of anilines is 1. The van der Waals surface area contributed by atoms with E-state index in [1.165, 1.54) is 17.1 Å². The van der Waals surface area contributed by atoms with E-state index in [9.17, 15) is 19.5 Å². The topological polar surface area (TPSA) is 112 Å². The number of carboxylic acids is 1. The molecular formula is C25H18ClN2O6-. The van der Waals surface area contributed by atoms with Gasteiger partial charge in [0.25, 0.3) is 5.91 Å². The first-order valence-corrected chi connectivity index (χ1v) is 10.7. The van der Waals surface area contributed by atoms with E-state index in [4.69, 9.17) is 20.8 Å². The minimum Gasteiger partial charge on any atom is -0.545 e. The number of hydrogen-bond acceptors (Lipinski definition) is 7. The highest BCUT2D eigenvalue weighted by atomic mass is 35.5. The predicted molar refractivity (Wildman–Crippen MR) is 124 cm³/mol. The van der Waals surface area contributed by atoms with E-state index in [1.54, 1.807) is 62.4 Å². The summed E-state index contributed by atoms with van der Waals surface area (Å²) in [7, 11) is 0.